The number of ether oxygens (including phenoxy) is 1. The molecule has 0 aliphatic carbocycles. The second kappa shape index (κ2) is 8.59. The van der Waals surface area contributed by atoms with Crippen molar-refractivity contribution in [1.82, 2.24) is 9.21 Å². The van der Waals surface area contributed by atoms with Crippen molar-refractivity contribution in [3.8, 4) is 5.75 Å². The normalized spacial score (nSPS) is 15.4. The zero-order valence-electron chi connectivity index (χ0n) is 15.9. The number of benzene rings is 1. The lowest BCUT2D eigenvalue weighted by Crippen LogP contribution is -2.36. The molecule has 2 aromatic rings. The Hall–Kier alpha value is -1.97. The minimum atomic E-state index is -3.70. The van der Waals surface area contributed by atoms with Crippen molar-refractivity contribution < 1.29 is 22.3 Å². The molecule has 0 atom stereocenters. The van der Waals surface area contributed by atoms with Gasteiger partial charge in [-0.25, -0.2) is 12.8 Å². The van der Waals surface area contributed by atoms with Crippen LogP contribution in [-0.4, -0.2) is 50.8 Å². The van der Waals surface area contributed by atoms with Crippen LogP contribution in [0.2, 0.25) is 0 Å². The number of sulfonamides is 1. The quantitative estimate of drug-likeness (QED) is 0.711. The van der Waals surface area contributed by atoms with E-state index in [-0.39, 0.29) is 22.1 Å². The van der Waals surface area contributed by atoms with Gasteiger partial charge in [0, 0.05) is 26.7 Å². The van der Waals surface area contributed by atoms with Gasteiger partial charge in [-0.1, -0.05) is 12.5 Å². The maximum Gasteiger partial charge on any atom is 0.265 e. The van der Waals surface area contributed by atoms with E-state index in [2.05, 4.69) is 0 Å². The van der Waals surface area contributed by atoms with Crippen molar-refractivity contribution in [2.45, 2.75) is 30.7 Å². The number of nitrogens with zero attached hydrogens (tertiary/aromatic N) is 2. The largest absolute Gasteiger partial charge is 0.494 e. The van der Waals surface area contributed by atoms with E-state index < -0.39 is 21.7 Å². The van der Waals surface area contributed by atoms with E-state index >= 15 is 0 Å². The number of amides is 1. The van der Waals surface area contributed by atoms with Gasteiger partial charge < -0.3 is 9.64 Å². The van der Waals surface area contributed by atoms with E-state index in [4.69, 9.17) is 4.74 Å². The minimum absolute atomic E-state index is 0.0529. The van der Waals surface area contributed by atoms with Crippen LogP contribution in [0.3, 0.4) is 0 Å². The second-order valence-electron chi connectivity index (χ2n) is 6.71. The van der Waals surface area contributed by atoms with Gasteiger partial charge in [-0.2, -0.15) is 4.31 Å². The molecule has 1 amide bonds. The third-order valence-corrected chi connectivity index (χ3v) is 7.71. The van der Waals surface area contributed by atoms with E-state index in [0.29, 0.717) is 18.7 Å². The number of hydrogen-bond acceptors (Lipinski definition) is 5. The van der Waals surface area contributed by atoms with Crippen molar-refractivity contribution in [1.29, 1.82) is 0 Å². The number of rotatable bonds is 6. The molecular formula is C19H23FN2O4S2. The van der Waals surface area contributed by atoms with Gasteiger partial charge in [0.2, 0.25) is 10.0 Å². The molecule has 0 N–H and O–H groups in total. The highest BCUT2D eigenvalue weighted by atomic mass is 32.2. The summed E-state index contributed by atoms with van der Waals surface area (Å²) in [4.78, 5) is 14.5. The number of piperidine rings is 1. The average molecular weight is 427 g/mol. The first kappa shape index (κ1) is 20.8. The van der Waals surface area contributed by atoms with Crippen LogP contribution in [0.1, 0.15) is 34.5 Å². The molecule has 0 radical (unpaired) electrons. The summed E-state index contributed by atoms with van der Waals surface area (Å²) in [5.74, 6) is -0.780. The lowest BCUT2D eigenvalue weighted by molar-refractivity contribution is 0.0786. The van der Waals surface area contributed by atoms with Crippen molar-refractivity contribution in [2.75, 3.05) is 27.2 Å². The molecular weight excluding hydrogens is 403 g/mol. The zero-order valence-corrected chi connectivity index (χ0v) is 17.5. The van der Waals surface area contributed by atoms with Crippen molar-refractivity contribution in [3.63, 3.8) is 0 Å². The summed E-state index contributed by atoms with van der Waals surface area (Å²) in [5, 5.41) is 1.62. The van der Waals surface area contributed by atoms with Gasteiger partial charge in [-0.3, -0.25) is 4.79 Å². The highest BCUT2D eigenvalue weighted by Gasteiger charge is 2.31. The summed E-state index contributed by atoms with van der Waals surface area (Å²) in [5.41, 5.74) is 0.589. The van der Waals surface area contributed by atoms with E-state index in [1.165, 1.54) is 34.5 Å². The predicted octanol–water partition coefficient (Wildman–Crippen LogP) is 3.34. The summed E-state index contributed by atoms with van der Waals surface area (Å²) in [6.07, 6.45) is 2.67. The Morgan fingerprint density at radius 2 is 1.96 bits per heavy atom. The third kappa shape index (κ3) is 4.21. The van der Waals surface area contributed by atoms with Crippen LogP contribution in [0.5, 0.6) is 5.75 Å². The van der Waals surface area contributed by atoms with Gasteiger partial charge in [0.15, 0.2) is 11.6 Å². The Balaban J connectivity index is 1.79. The van der Waals surface area contributed by atoms with Crippen molar-refractivity contribution in [3.05, 3.63) is 45.9 Å². The predicted molar refractivity (Wildman–Crippen MR) is 106 cm³/mol. The summed E-state index contributed by atoms with van der Waals surface area (Å²) in [7, 11) is -0.742. The number of thiophene rings is 1. The lowest BCUT2D eigenvalue weighted by Gasteiger charge is -2.26. The molecule has 0 saturated carbocycles. The summed E-state index contributed by atoms with van der Waals surface area (Å²) >= 11 is 1.11. The van der Waals surface area contributed by atoms with Crippen LogP contribution in [-0.2, 0) is 16.6 Å². The molecule has 1 aromatic carbocycles. The second-order valence-corrected chi connectivity index (χ2v) is 9.53. The van der Waals surface area contributed by atoms with E-state index in [1.807, 2.05) is 0 Å². The van der Waals surface area contributed by atoms with Crippen LogP contribution in [0.25, 0.3) is 0 Å². The topological polar surface area (TPSA) is 66.9 Å². The van der Waals surface area contributed by atoms with Crippen LogP contribution >= 0.6 is 11.3 Å². The molecule has 9 heteroatoms. The first-order valence-corrected chi connectivity index (χ1v) is 11.3. The number of carbonyl (C=O) groups is 1. The Bertz CT molecular complexity index is 953. The van der Waals surface area contributed by atoms with Gasteiger partial charge >= 0.3 is 0 Å². The fourth-order valence-electron chi connectivity index (χ4n) is 3.23. The van der Waals surface area contributed by atoms with Gasteiger partial charge in [-0.15, -0.1) is 11.3 Å². The van der Waals surface area contributed by atoms with Gasteiger partial charge in [0.05, 0.1) is 7.11 Å². The highest BCUT2D eigenvalue weighted by molar-refractivity contribution is 7.89. The Morgan fingerprint density at radius 3 is 2.61 bits per heavy atom. The molecule has 1 fully saturated rings. The third-order valence-electron chi connectivity index (χ3n) is 4.74. The first-order valence-electron chi connectivity index (χ1n) is 9.00. The van der Waals surface area contributed by atoms with Gasteiger partial charge in [-0.05, 0) is 42.0 Å². The molecule has 3 rings (SSSR count). The van der Waals surface area contributed by atoms with Crippen molar-refractivity contribution in [2.24, 2.45) is 0 Å². The highest BCUT2D eigenvalue weighted by Crippen LogP contribution is 2.28. The minimum Gasteiger partial charge on any atom is -0.494 e. The van der Waals surface area contributed by atoms with Crippen LogP contribution in [0, 0.1) is 5.82 Å². The van der Waals surface area contributed by atoms with E-state index in [9.17, 15) is 17.6 Å². The summed E-state index contributed by atoms with van der Waals surface area (Å²) in [6.45, 7) is 1.11. The molecule has 1 saturated heterocycles. The van der Waals surface area contributed by atoms with E-state index in [0.717, 1.165) is 30.6 Å². The van der Waals surface area contributed by atoms with Crippen LogP contribution in [0.15, 0.2) is 34.5 Å². The standard InChI is InChI=1S/C19H23FN2O4S2/c1-21(13-14-6-7-16(26-2)15(20)12-14)19(23)18-17(8-11-27-18)28(24,25)22-9-4-3-5-10-22/h6-8,11-12H,3-5,9-10,13H2,1-2H3. The van der Waals surface area contributed by atoms with Gasteiger partial charge in [0.1, 0.15) is 9.77 Å². The summed E-state index contributed by atoms with van der Waals surface area (Å²) in [6, 6.07) is 5.97. The zero-order chi connectivity index (χ0) is 20.3. The molecule has 2 heterocycles. The molecule has 6 nitrogen and oxygen atoms in total. The number of methoxy groups -OCH3 is 1. The maximum atomic E-state index is 13.9. The first-order chi connectivity index (χ1) is 13.3. The smallest absolute Gasteiger partial charge is 0.265 e. The molecule has 0 bridgehead atoms. The summed E-state index contributed by atoms with van der Waals surface area (Å²) < 4.78 is 46.2. The average Bonchev–Trinajstić information content (AvgIpc) is 3.19. The molecule has 1 aromatic heterocycles. The maximum absolute atomic E-state index is 13.9. The Labute approximate surface area is 168 Å². The molecule has 0 unspecified atom stereocenters. The molecule has 0 spiro atoms. The van der Waals surface area contributed by atoms with Crippen molar-refractivity contribution >= 4 is 27.3 Å². The molecule has 1 aliphatic heterocycles. The van der Waals surface area contributed by atoms with Crippen LogP contribution in [0.4, 0.5) is 4.39 Å². The van der Waals surface area contributed by atoms with E-state index in [1.54, 1.807) is 18.5 Å². The monoisotopic (exact) mass is 426 g/mol. The number of hydrogen-bond donors (Lipinski definition) is 0. The molecule has 152 valence electrons. The number of carbonyl (C=O) groups excluding carboxylic acids is 1. The Morgan fingerprint density at radius 1 is 1.25 bits per heavy atom. The fraction of sp³-hybridized carbons (Fsp3) is 0.421. The van der Waals surface area contributed by atoms with Crippen LogP contribution < -0.4 is 4.74 Å². The number of halogens is 1. The Kier molecular flexibility index (Phi) is 6.36. The molecule has 1 aliphatic rings. The SMILES string of the molecule is COc1ccc(CN(C)C(=O)c2sccc2S(=O)(=O)N2CCCCC2)cc1F. The molecule has 28 heavy (non-hydrogen) atoms. The van der Waals surface area contributed by atoms with Gasteiger partial charge in [0.25, 0.3) is 5.91 Å². The lowest BCUT2D eigenvalue weighted by atomic mass is 10.2. The fourth-order valence-corrected chi connectivity index (χ4v) is 6.13.